The Balaban J connectivity index is 1.98. The second-order valence-electron chi connectivity index (χ2n) is 5.33. The zero-order chi connectivity index (χ0) is 11.6. The molecule has 2 rings (SSSR count). The highest BCUT2D eigenvalue weighted by atomic mass is 16.6. The van der Waals surface area contributed by atoms with Crippen molar-refractivity contribution in [2.45, 2.75) is 45.1 Å². The smallest absolute Gasteiger partial charge is 0.0984 e. The molecule has 1 nitrogen and oxygen atoms in total. The Morgan fingerprint density at radius 2 is 2.12 bits per heavy atom. The quantitative estimate of drug-likeness (QED) is 0.515. The van der Waals surface area contributed by atoms with Crippen molar-refractivity contribution in [3.05, 3.63) is 36.0 Å². The summed E-state index contributed by atoms with van der Waals surface area (Å²) in [6.45, 7) is 9.39. The molecule has 2 atom stereocenters. The molecule has 1 saturated heterocycles. The highest BCUT2D eigenvalue weighted by Crippen LogP contribution is 2.48. The van der Waals surface area contributed by atoms with Crippen LogP contribution in [0.15, 0.2) is 36.0 Å². The van der Waals surface area contributed by atoms with Gasteiger partial charge in [-0.15, -0.1) is 0 Å². The van der Waals surface area contributed by atoms with E-state index in [1.807, 2.05) is 0 Å². The first-order valence-electron chi connectivity index (χ1n) is 6.28. The summed E-state index contributed by atoms with van der Waals surface area (Å²) in [6.07, 6.45) is 11.5. The van der Waals surface area contributed by atoms with Gasteiger partial charge in [-0.3, -0.25) is 0 Å². The fourth-order valence-corrected chi connectivity index (χ4v) is 2.65. The summed E-state index contributed by atoms with van der Waals surface area (Å²) in [7, 11) is 0. The molecule has 2 unspecified atom stereocenters. The maximum absolute atomic E-state index is 5.69. The van der Waals surface area contributed by atoms with Crippen LogP contribution in [0, 0.1) is 5.92 Å². The monoisotopic (exact) mass is 218 g/mol. The first-order chi connectivity index (χ1) is 7.64. The Labute approximate surface area is 98.9 Å². The maximum Gasteiger partial charge on any atom is 0.0984 e. The van der Waals surface area contributed by atoms with Gasteiger partial charge in [0.25, 0.3) is 0 Å². The van der Waals surface area contributed by atoms with Crippen LogP contribution in [0.3, 0.4) is 0 Å². The lowest BCUT2D eigenvalue weighted by Crippen LogP contribution is -2.29. The standard InChI is InChI=1S/C15H22O/c1-12(2)7-6-8-13(3)14-9-4-5-10-15(14)11-16-15/h6-8,14H,3-5,9-11H2,1-2H3/b8-6+. The molecule has 0 aromatic heterocycles. The predicted molar refractivity (Wildman–Crippen MR) is 68.4 cm³/mol. The fraction of sp³-hybridized carbons (Fsp3) is 0.600. The minimum Gasteiger partial charge on any atom is -0.369 e. The number of hydrogen-bond acceptors (Lipinski definition) is 1. The molecule has 2 fully saturated rings. The van der Waals surface area contributed by atoms with Crippen LogP contribution in [0.1, 0.15) is 39.5 Å². The Hall–Kier alpha value is -0.820. The van der Waals surface area contributed by atoms with Gasteiger partial charge < -0.3 is 4.74 Å². The largest absolute Gasteiger partial charge is 0.369 e. The second kappa shape index (κ2) is 4.58. The molecule has 1 saturated carbocycles. The van der Waals surface area contributed by atoms with Gasteiger partial charge >= 0.3 is 0 Å². The molecule has 1 aliphatic carbocycles. The normalized spacial score (nSPS) is 33.0. The van der Waals surface area contributed by atoms with Gasteiger partial charge in [0.05, 0.1) is 12.2 Å². The Morgan fingerprint density at radius 3 is 2.75 bits per heavy atom. The van der Waals surface area contributed by atoms with Gasteiger partial charge in [0.15, 0.2) is 0 Å². The minimum absolute atomic E-state index is 0.185. The van der Waals surface area contributed by atoms with E-state index in [4.69, 9.17) is 4.74 Å². The molecular weight excluding hydrogens is 196 g/mol. The molecule has 1 heterocycles. The van der Waals surface area contributed by atoms with Crippen molar-refractivity contribution in [1.29, 1.82) is 0 Å². The number of epoxide rings is 1. The molecule has 0 radical (unpaired) electrons. The Bertz CT molecular complexity index is 327. The van der Waals surface area contributed by atoms with Crippen molar-refractivity contribution in [3.8, 4) is 0 Å². The van der Waals surface area contributed by atoms with Crippen molar-refractivity contribution in [1.82, 2.24) is 0 Å². The zero-order valence-corrected chi connectivity index (χ0v) is 10.5. The summed E-state index contributed by atoms with van der Waals surface area (Å²) in [5.74, 6) is 0.558. The first-order valence-corrected chi connectivity index (χ1v) is 6.28. The molecule has 1 heteroatoms. The maximum atomic E-state index is 5.69. The summed E-state index contributed by atoms with van der Waals surface area (Å²) >= 11 is 0. The number of ether oxygens (including phenoxy) is 1. The lowest BCUT2D eigenvalue weighted by molar-refractivity contribution is 0.184. The van der Waals surface area contributed by atoms with Crippen molar-refractivity contribution in [3.63, 3.8) is 0 Å². The van der Waals surface area contributed by atoms with Gasteiger partial charge in [0, 0.05) is 5.92 Å². The van der Waals surface area contributed by atoms with Crippen LogP contribution >= 0.6 is 0 Å². The second-order valence-corrected chi connectivity index (χ2v) is 5.33. The topological polar surface area (TPSA) is 12.5 Å². The Morgan fingerprint density at radius 1 is 1.38 bits per heavy atom. The summed E-state index contributed by atoms with van der Waals surface area (Å²) in [5.41, 5.74) is 2.75. The molecule has 0 aromatic rings. The number of rotatable bonds is 3. The lowest BCUT2D eigenvalue weighted by Gasteiger charge is -2.29. The Kier molecular flexibility index (Phi) is 3.34. The summed E-state index contributed by atoms with van der Waals surface area (Å²) < 4.78 is 5.69. The van der Waals surface area contributed by atoms with E-state index in [1.54, 1.807) is 0 Å². The molecule has 2 aliphatic rings. The van der Waals surface area contributed by atoms with Crippen LogP contribution in [0.4, 0.5) is 0 Å². The highest BCUT2D eigenvalue weighted by Gasteiger charge is 2.52. The van der Waals surface area contributed by atoms with Gasteiger partial charge in [0.1, 0.15) is 0 Å². The molecule has 0 aromatic carbocycles. The van der Waals surface area contributed by atoms with E-state index in [0.29, 0.717) is 5.92 Å². The molecule has 0 N–H and O–H groups in total. The van der Waals surface area contributed by atoms with E-state index in [1.165, 1.54) is 36.8 Å². The SMILES string of the molecule is C=C(/C=C/C=C(C)C)C1CCCCC12CO2. The third-order valence-corrected chi connectivity index (χ3v) is 3.68. The first kappa shape index (κ1) is 11.7. The van der Waals surface area contributed by atoms with E-state index in [0.717, 1.165) is 6.61 Å². The number of allylic oxidation sites excluding steroid dienone is 4. The molecule has 0 bridgehead atoms. The average molecular weight is 218 g/mol. The van der Waals surface area contributed by atoms with Crippen LogP contribution in [0.5, 0.6) is 0 Å². The zero-order valence-electron chi connectivity index (χ0n) is 10.5. The fourth-order valence-electron chi connectivity index (χ4n) is 2.65. The van der Waals surface area contributed by atoms with Crippen LogP contribution < -0.4 is 0 Å². The van der Waals surface area contributed by atoms with E-state index >= 15 is 0 Å². The van der Waals surface area contributed by atoms with Crippen LogP contribution in [0.25, 0.3) is 0 Å². The molecule has 1 aliphatic heterocycles. The summed E-state index contributed by atoms with van der Waals surface area (Å²) in [6, 6.07) is 0. The number of hydrogen-bond donors (Lipinski definition) is 0. The van der Waals surface area contributed by atoms with Crippen molar-refractivity contribution in [2.75, 3.05) is 6.61 Å². The van der Waals surface area contributed by atoms with E-state index in [9.17, 15) is 0 Å². The summed E-state index contributed by atoms with van der Waals surface area (Å²) in [5, 5.41) is 0. The van der Waals surface area contributed by atoms with Gasteiger partial charge in [0.2, 0.25) is 0 Å². The van der Waals surface area contributed by atoms with E-state index in [-0.39, 0.29) is 5.60 Å². The van der Waals surface area contributed by atoms with Crippen molar-refractivity contribution in [2.24, 2.45) is 5.92 Å². The van der Waals surface area contributed by atoms with Gasteiger partial charge in [-0.25, -0.2) is 0 Å². The van der Waals surface area contributed by atoms with Gasteiger partial charge in [-0.1, -0.05) is 43.2 Å². The minimum atomic E-state index is 0.185. The predicted octanol–water partition coefficient (Wildman–Crippen LogP) is 4.02. The van der Waals surface area contributed by atoms with Crippen molar-refractivity contribution < 1.29 is 4.74 Å². The van der Waals surface area contributed by atoms with Crippen molar-refractivity contribution >= 4 is 0 Å². The molecular formula is C15H22O. The summed E-state index contributed by atoms with van der Waals surface area (Å²) in [4.78, 5) is 0. The van der Waals surface area contributed by atoms with Crippen LogP contribution in [-0.2, 0) is 4.74 Å². The molecule has 1 spiro atoms. The van der Waals surface area contributed by atoms with E-state index in [2.05, 4.69) is 38.7 Å². The molecule has 88 valence electrons. The van der Waals surface area contributed by atoms with Crippen LogP contribution in [-0.4, -0.2) is 12.2 Å². The lowest BCUT2D eigenvalue weighted by atomic mass is 9.75. The van der Waals surface area contributed by atoms with E-state index < -0.39 is 0 Å². The van der Waals surface area contributed by atoms with Gasteiger partial charge in [-0.05, 0) is 32.3 Å². The van der Waals surface area contributed by atoms with Crippen LogP contribution in [0.2, 0.25) is 0 Å². The third kappa shape index (κ3) is 2.46. The average Bonchev–Trinajstić information content (AvgIpc) is 2.98. The van der Waals surface area contributed by atoms with Gasteiger partial charge in [-0.2, -0.15) is 0 Å². The molecule has 0 amide bonds. The highest BCUT2D eigenvalue weighted by molar-refractivity contribution is 5.27. The third-order valence-electron chi connectivity index (χ3n) is 3.68. The molecule has 16 heavy (non-hydrogen) atoms.